The summed E-state index contributed by atoms with van der Waals surface area (Å²) in [5.74, 6) is 0. The lowest BCUT2D eigenvalue weighted by atomic mass is 9.96. The van der Waals surface area contributed by atoms with E-state index in [0.717, 1.165) is 6.42 Å². The average Bonchev–Trinajstić information content (AvgIpc) is 1.96. The molecule has 0 spiro atoms. The molecule has 13 heavy (non-hydrogen) atoms. The van der Waals surface area contributed by atoms with Crippen LogP contribution in [0.25, 0.3) is 0 Å². The van der Waals surface area contributed by atoms with E-state index >= 15 is 0 Å². The Kier molecular flexibility index (Phi) is 3.55. The van der Waals surface area contributed by atoms with Crippen LogP contribution in [0.15, 0.2) is 12.1 Å². The van der Waals surface area contributed by atoms with Crippen molar-refractivity contribution in [1.82, 2.24) is 0 Å². The van der Waals surface area contributed by atoms with Crippen LogP contribution < -0.4 is 0 Å². The summed E-state index contributed by atoms with van der Waals surface area (Å²) in [5.41, 5.74) is 5.70. The standard InChI is InChI=1S/C12H17Br/c1-8-5-9(2)12(7-11(4)13)10(3)6-8/h5-6,11H,7H2,1-4H3. The molecule has 1 rings (SSSR count). The van der Waals surface area contributed by atoms with E-state index in [0.29, 0.717) is 4.83 Å². The van der Waals surface area contributed by atoms with E-state index in [1.54, 1.807) is 0 Å². The van der Waals surface area contributed by atoms with Crippen molar-refractivity contribution >= 4 is 15.9 Å². The van der Waals surface area contributed by atoms with Gasteiger partial charge in [0.2, 0.25) is 0 Å². The molecule has 1 heteroatoms. The highest BCUT2D eigenvalue weighted by molar-refractivity contribution is 9.09. The number of halogens is 1. The van der Waals surface area contributed by atoms with E-state index in [4.69, 9.17) is 0 Å². The zero-order valence-electron chi connectivity index (χ0n) is 8.82. The predicted octanol–water partition coefficient (Wildman–Crippen LogP) is 3.94. The van der Waals surface area contributed by atoms with Crippen molar-refractivity contribution in [3.05, 3.63) is 34.4 Å². The predicted molar refractivity (Wildman–Crippen MR) is 62.7 cm³/mol. The molecule has 0 bridgehead atoms. The van der Waals surface area contributed by atoms with E-state index in [1.807, 2.05) is 0 Å². The minimum atomic E-state index is 0.563. The van der Waals surface area contributed by atoms with Gasteiger partial charge in [-0.25, -0.2) is 0 Å². The molecule has 1 atom stereocenters. The zero-order valence-corrected chi connectivity index (χ0v) is 10.4. The third-order valence-electron chi connectivity index (χ3n) is 2.33. The van der Waals surface area contributed by atoms with Crippen molar-refractivity contribution in [3.63, 3.8) is 0 Å². The SMILES string of the molecule is Cc1cc(C)c(CC(C)Br)c(C)c1. The summed E-state index contributed by atoms with van der Waals surface area (Å²) >= 11 is 3.60. The number of rotatable bonds is 2. The monoisotopic (exact) mass is 240 g/mol. The topological polar surface area (TPSA) is 0 Å². The molecule has 0 aliphatic rings. The molecular weight excluding hydrogens is 224 g/mol. The number of aryl methyl sites for hydroxylation is 3. The van der Waals surface area contributed by atoms with Gasteiger partial charge in [0.05, 0.1) is 0 Å². The maximum atomic E-state index is 3.60. The second-order valence-electron chi connectivity index (χ2n) is 3.86. The normalized spacial score (nSPS) is 13.0. The van der Waals surface area contributed by atoms with Gasteiger partial charge in [0, 0.05) is 4.83 Å². The number of hydrogen-bond donors (Lipinski definition) is 0. The summed E-state index contributed by atoms with van der Waals surface area (Å²) in [5, 5.41) is 0. The molecule has 0 aliphatic carbocycles. The second-order valence-corrected chi connectivity index (χ2v) is 5.43. The van der Waals surface area contributed by atoms with E-state index in [9.17, 15) is 0 Å². The molecular formula is C12H17Br. The molecule has 0 N–H and O–H groups in total. The van der Waals surface area contributed by atoms with Crippen LogP contribution in [-0.4, -0.2) is 4.83 Å². The lowest BCUT2D eigenvalue weighted by Gasteiger charge is -2.12. The van der Waals surface area contributed by atoms with E-state index in [1.165, 1.54) is 22.3 Å². The second kappa shape index (κ2) is 4.28. The lowest BCUT2D eigenvalue weighted by Crippen LogP contribution is -2.02. The summed E-state index contributed by atoms with van der Waals surface area (Å²) in [6, 6.07) is 4.52. The van der Waals surface area contributed by atoms with Gasteiger partial charge in [0.1, 0.15) is 0 Å². The molecule has 0 amide bonds. The third kappa shape index (κ3) is 2.84. The van der Waals surface area contributed by atoms with Gasteiger partial charge >= 0.3 is 0 Å². The minimum absolute atomic E-state index is 0.563. The first-order valence-corrected chi connectivity index (χ1v) is 5.63. The Hall–Kier alpha value is -0.300. The van der Waals surface area contributed by atoms with E-state index < -0.39 is 0 Å². The van der Waals surface area contributed by atoms with Gasteiger partial charge in [-0.2, -0.15) is 0 Å². The van der Waals surface area contributed by atoms with Gasteiger partial charge in [-0.15, -0.1) is 0 Å². The Morgan fingerprint density at radius 3 is 2.00 bits per heavy atom. The third-order valence-corrected chi connectivity index (χ3v) is 2.65. The summed E-state index contributed by atoms with van der Waals surface area (Å²) in [6.45, 7) is 8.75. The number of hydrogen-bond acceptors (Lipinski definition) is 0. The molecule has 1 unspecified atom stereocenters. The quantitative estimate of drug-likeness (QED) is 0.688. The summed E-state index contributed by atoms with van der Waals surface area (Å²) in [6.07, 6.45) is 1.12. The lowest BCUT2D eigenvalue weighted by molar-refractivity contribution is 0.935. The first-order valence-electron chi connectivity index (χ1n) is 4.71. The fourth-order valence-corrected chi connectivity index (χ4v) is 2.14. The van der Waals surface area contributed by atoms with Crippen LogP contribution in [0.2, 0.25) is 0 Å². The maximum absolute atomic E-state index is 3.60. The van der Waals surface area contributed by atoms with Crippen molar-refractivity contribution in [3.8, 4) is 0 Å². The van der Waals surface area contributed by atoms with Crippen LogP contribution >= 0.6 is 15.9 Å². The van der Waals surface area contributed by atoms with Gasteiger partial charge in [-0.1, -0.05) is 40.5 Å². The molecule has 0 aliphatic heterocycles. The molecule has 0 saturated heterocycles. The average molecular weight is 241 g/mol. The first-order chi connectivity index (χ1) is 6.00. The van der Waals surface area contributed by atoms with Crippen LogP contribution in [0, 0.1) is 20.8 Å². The summed E-state index contributed by atoms with van der Waals surface area (Å²) in [7, 11) is 0. The van der Waals surface area contributed by atoms with Crippen molar-refractivity contribution < 1.29 is 0 Å². The highest BCUT2D eigenvalue weighted by atomic mass is 79.9. The Morgan fingerprint density at radius 2 is 1.62 bits per heavy atom. The fraction of sp³-hybridized carbons (Fsp3) is 0.500. The number of benzene rings is 1. The largest absolute Gasteiger partial charge is 0.0890 e. The smallest absolute Gasteiger partial charge is 0.0158 e. The highest BCUT2D eigenvalue weighted by Crippen LogP contribution is 2.19. The van der Waals surface area contributed by atoms with Gasteiger partial charge in [0.15, 0.2) is 0 Å². The fourth-order valence-electron chi connectivity index (χ4n) is 1.81. The van der Waals surface area contributed by atoms with Crippen LogP contribution in [0.4, 0.5) is 0 Å². The van der Waals surface area contributed by atoms with Crippen molar-refractivity contribution in [2.24, 2.45) is 0 Å². The summed E-state index contributed by atoms with van der Waals surface area (Å²) < 4.78 is 0. The van der Waals surface area contributed by atoms with Crippen LogP contribution in [0.3, 0.4) is 0 Å². The van der Waals surface area contributed by atoms with Crippen molar-refractivity contribution in [1.29, 1.82) is 0 Å². The Labute approximate surface area is 89.5 Å². The summed E-state index contributed by atoms with van der Waals surface area (Å²) in [4.78, 5) is 0.563. The molecule has 1 aromatic carbocycles. The molecule has 0 nitrogen and oxygen atoms in total. The van der Waals surface area contributed by atoms with Gasteiger partial charge in [-0.05, 0) is 43.9 Å². The molecule has 1 aromatic rings. The molecule has 72 valence electrons. The molecule has 0 radical (unpaired) electrons. The van der Waals surface area contributed by atoms with Gasteiger partial charge in [-0.3, -0.25) is 0 Å². The molecule has 0 fully saturated rings. The van der Waals surface area contributed by atoms with Crippen molar-refractivity contribution in [2.45, 2.75) is 38.9 Å². The molecule has 0 heterocycles. The van der Waals surface area contributed by atoms with Gasteiger partial charge < -0.3 is 0 Å². The van der Waals surface area contributed by atoms with Crippen LogP contribution in [0.5, 0.6) is 0 Å². The molecule has 0 aromatic heterocycles. The Morgan fingerprint density at radius 1 is 1.15 bits per heavy atom. The number of alkyl halides is 1. The van der Waals surface area contributed by atoms with Crippen LogP contribution in [0.1, 0.15) is 29.2 Å². The van der Waals surface area contributed by atoms with Crippen molar-refractivity contribution in [2.75, 3.05) is 0 Å². The van der Waals surface area contributed by atoms with Gasteiger partial charge in [0.25, 0.3) is 0 Å². The zero-order chi connectivity index (χ0) is 10.0. The minimum Gasteiger partial charge on any atom is -0.0890 e. The van der Waals surface area contributed by atoms with E-state index in [2.05, 4.69) is 55.8 Å². The maximum Gasteiger partial charge on any atom is 0.0158 e. The Bertz CT molecular complexity index is 277. The van der Waals surface area contributed by atoms with Crippen LogP contribution in [-0.2, 0) is 6.42 Å². The highest BCUT2D eigenvalue weighted by Gasteiger charge is 2.06. The Balaban J connectivity index is 3.06. The van der Waals surface area contributed by atoms with E-state index in [-0.39, 0.29) is 0 Å². The first kappa shape index (κ1) is 10.8. The molecule has 0 saturated carbocycles.